The molecule has 0 heterocycles. The highest BCUT2D eigenvalue weighted by molar-refractivity contribution is 5.47. The summed E-state index contributed by atoms with van der Waals surface area (Å²) in [6, 6.07) is 9.29. The van der Waals surface area contributed by atoms with Gasteiger partial charge in [-0.25, -0.2) is 0 Å². The van der Waals surface area contributed by atoms with E-state index in [0.717, 1.165) is 32.8 Å². The standard InChI is InChI=1S/C18H32N2O/c1-6-20(7-2)17-11-9-16(10-12-17)13-19-18(15(4)5)14-21-8-3/h9-12,15,18-19H,6-8,13-14H2,1-5H3. The van der Waals surface area contributed by atoms with Crippen LogP contribution in [0.3, 0.4) is 0 Å². The van der Waals surface area contributed by atoms with E-state index in [9.17, 15) is 0 Å². The number of nitrogens with zero attached hydrogens (tertiary/aromatic N) is 1. The molecular weight excluding hydrogens is 260 g/mol. The number of ether oxygens (including phenoxy) is 1. The van der Waals surface area contributed by atoms with Gasteiger partial charge in [-0.3, -0.25) is 0 Å². The molecule has 3 heteroatoms. The van der Waals surface area contributed by atoms with Gasteiger partial charge in [-0.1, -0.05) is 26.0 Å². The van der Waals surface area contributed by atoms with Crippen LogP contribution in [0.2, 0.25) is 0 Å². The highest BCUT2D eigenvalue weighted by Gasteiger charge is 2.12. The zero-order valence-corrected chi connectivity index (χ0v) is 14.4. The van der Waals surface area contributed by atoms with Crippen LogP contribution in [0.1, 0.15) is 40.2 Å². The van der Waals surface area contributed by atoms with E-state index < -0.39 is 0 Å². The summed E-state index contributed by atoms with van der Waals surface area (Å²) in [6.07, 6.45) is 0. The molecule has 1 N–H and O–H groups in total. The number of hydrogen-bond acceptors (Lipinski definition) is 3. The molecule has 0 spiro atoms. The van der Waals surface area contributed by atoms with Crippen molar-refractivity contribution >= 4 is 5.69 Å². The van der Waals surface area contributed by atoms with Crippen molar-refractivity contribution in [2.24, 2.45) is 5.92 Å². The lowest BCUT2D eigenvalue weighted by Gasteiger charge is -2.23. The Hall–Kier alpha value is -1.06. The molecule has 1 rings (SSSR count). The summed E-state index contributed by atoms with van der Waals surface area (Å²) in [4.78, 5) is 2.36. The van der Waals surface area contributed by atoms with Crippen molar-refractivity contribution < 1.29 is 4.74 Å². The molecule has 0 aliphatic heterocycles. The van der Waals surface area contributed by atoms with E-state index in [-0.39, 0.29) is 0 Å². The average molecular weight is 292 g/mol. The fourth-order valence-electron chi connectivity index (χ4n) is 2.39. The van der Waals surface area contributed by atoms with Crippen LogP contribution >= 0.6 is 0 Å². The molecule has 0 amide bonds. The molecule has 1 atom stereocenters. The summed E-state index contributed by atoms with van der Waals surface area (Å²) in [5.74, 6) is 0.575. The van der Waals surface area contributed by atoms with Crippen molar-refractivity contribution in [3.05, 3.63) is 29.8 Å². The van der Waals surface area contributed by atoms with Crippen LogP contribution in [-0.4, -0.2) is 32.3 Å². The first-order valence-electron chi connectivity index (χ1n) is 8.27. The van der Waals surface area contributed by atoms with Gasteiger partial charge in [0.05, 0.1) is 6.61 Å². The molecule has 0 aliphatic rings. The van der Waals surface area contributed by atoms with Gasteiger partial charge in [0.15, 0.2) is 0 Å². The minimum atomic E-state index is 0.410. The van der Waals surface area contributed by atoms with Gasteiger partial charge in [0.25, 0.3) is 0 Å². The Labute approximate surface area is 130 Å². The topological polar surface area (TPSA) is 24.5 Å². The molecule has 1 aromatic rings. The second kappa shape index (κ2) is 9.80. The van der Waals surface area contributed by atoms with Gasteiger partial charge in [0.1, 0.15) is 0 Å². The molecule has 0 fully saturated rings. The van der Waals surface area contributed by atoms with E-state index in [1.165, 1.54) is 11.3 Å². The third-order valence-electron chi connectivity index (χ3n) is 3.94. The molecule has 1 unspecified atom stereocenters. The predicted molar refractivity (Wildman–Crippen MR) is 92.0 cm³/mol. The molecule has 120 valence electrons. The Kier molecular flexibility index (Phi) is 8.40. The van der Waals surface area contributed by atoms with E-state index in [1.807, 2.05) is 6.92 Å². The second-order valence-corrected chi connectivity index (χ2v) is 5.73. The highest BCUT2D eigenvalue weighted by Crippen LogP contribution is 2.15. The summed E-state index contributed by atoms with van der Waals surface area (Å²) >= 11 is 0. The van der Waals surface area contributed by atoms with Crippen molar-refractivity contribution in [3.63, 3.8) is 0 Å². The maximum Gasteiger partial charge on any atom is 0.0622 e. The van der Waals surface area contributed by atoms with Gasteiger partial charge >= 0.3 is 0 Å². The molecular formula is C18H32N2O. The largest absolute Gasteiger partial charge is 0.380 e. The highest BCUT2D eigenvalue weighted by atomic mass is 16.5. The van der Waals surface area contributed by atoms with Gasteiger partial charge in [-0.2, -0.15) is 0 Å². The van der Waals surface area contributed by atoms with Crippen molar-refractivity contribution in [2.75, 3.05) is 31.2 Å². The minimum Gasteiger partial charge on any atom is -0.380 e. The summed E-state index contributed by atoms with van der Waals surface area (Å²) in [5, 5.41) is 3.61. The zero-order valence-electron chi connectivity index (χ0n) is 14.4. The molecule has 0 saturated heterocycles. The lowest BCUT2D eigenvalue weighted by molar-refractivity contribution is 0.108. The fourth-order valence-corrected chi connectivity index (χ4v) is 2.39. The van der Waals surface area contributed by atoms with E-state index >= 15 is 0 Å². The Morgan fingerprint density at radius 3 is 2.14 bits per heavy atom. The Balaban J connectivity index is 2.54. The normalized spacial score (nSPS) is 12.7. The monoisotopic (exact) mass is 292 g/mol. The van der Waals surface area contributed by atoms with Gasteiger partial charge in [0.2, 0.25) is 0 Å². The van der Waals surface area contributed by atoms with Crippen molar-refractivity contribution in [1.29, 1.82) is 0 Å². The Morgan fingerprint density at radius 2 is 1.67 bits per heavy atom. The van der Waals surface area contributed by atoms with Gasteiger partial charge in [-0.05, 0) is 44.4 Å². The molecule has 0 aliphatic carbocycles. The first kappa shape index (κ1) is 18.0. The predicted octanol–water partition coefficient (Wildman–Crippen LogP) is 3.68. The Bertz CT molecular complexity index is 371. The fraction of sp³-hybridized carbons (Fsp3) is 0.667. The maximum atomic E-state index is 5.56. The average Bonchev–Trinajstić information content (AvgIpc) is 2.49. The summed E-state index contributed by atoms with van der Waals surface area (Å²) in [5.41, 5.74) is 2.63. The van der Waals surface area contributed by atoms with Crippen LogP contribution in [0, 0.1) is 5.92 Å². The lowest BCUT2D eigenvalue weighted by Crippen LogP contribution is -2.37. The third-order valence-corrected chi connectivity index (χ3v) is 3.94. The lowest BCUT2D eigenvalue weighted by atomic mass is 10.0. The Morgan fingerprint density at radius 1 is 1.05 bits per heavy atom. The maximum absolute atomic E-state index is 5.56. The second-order valence-electron chi connectivity index (χ2n) is 5.73. The minimum absolute atomic E-state index is 0.410. The van der Waals surface area contributed by atoms with E-state index in [2.05, 4.69) is 62.2 Å². The zero-order chi connectivity index (χ0) is 15.7. The van der Waals surface area contributed by atoms with Crippen molar-refractivity contribution in [1.82, 2.24) is 5.32 Å². The molecule has 0 saturated carbocycles. The summed E-state index contributed by atoms with van der Waals surface area (Å²) in [6.45, 7) is 15.5. The smallest absolute Gasteiger partial charge is 0.0622 e. The SMILES string of the molecule is CCOCC(NCc1ccc(N(CC)CC)cc1)C(C)C. The van der Waals surface area contributed by atoms with Crippen LogP contribution < -0.4 is 10.2 Å². The first-order valence-corrected chi connectivity index (χ1v) is 8.27. The number of benzene rings is 1. The van der Waals surface area contributed by atoms with Crippen molar-refractivity contribution in [2.45, 2.75) is 47.2 Å². The molecule has 1 aromatic carbocycles. The number of nitrogens with one attached hydrogen (secondary N) is 1. The quantitative estimate of drug-likeness (QED) is 0.712. The van der Waals surface area contributed by atoms with Crippen LogP contribution in [0.5, 0.6) is 0 Å². The van der Waals surface area contributed by atoms with Crippen LogP contribution in [0.15, 0.2) is 24.3 Å². The molecule has 0 aromatic heterocycles. The van der Waals surface area contributed by atoms with Crippen molar-refractivity contribution in [3.8, 4) is 0 Å². The summed E-state index contributed by atoms with van der Waals surface area (Å²) in [7, 11) is 0. The molecule has 21 heavy (non-hydrogen) atoms. The first-order chi connectivity index (χ1) is 10.1. The van der Waals surface area contributed by atoms with Crippen LogP contribution in [0.25, 0.3) is 0 Å². The molecule has 0 radical (unpaired) electrons. The van der Waals surface area contributed by atoms with Crippen LogP contribution in [-0.2, 0) is 11.3 Å². The summed E-state index contributed by atoms with van der Waals surface area (Å²) < 4.78 is 5.56. The van der Waals surface area contributed by atoms with E-state index in [0.29, 0.717) is 12.0 Å². The number of hydrogen-bond donors (Lipinski definition) is 1. The van der Waals surface area contributed by atoms with Gasteiger partial charge in [-0.15, -0.1) is 0 Å². The van der Waals surface area contributed by atoms with Gasteiger partial charge < -0.3 is 15.0 Å². The van der Waals surface area contributed by atoms with Gasteiger partial charge in [0, 0.05) is 38.0 Å². The van der Waals surface area contributed by atoms with E-state index in [4.69, 9.17) is 4.74 Å². The third kappa shape index (κ3) is 6.06. The molecule has 0 bridgehead atoms. The van der Waals surface area contributed by atoms with E-state index in [1.54, 1.807) is 0 Å². The number of rotatable bonds is 10. The van der Waals surface area contributed by atoms with Crippen LogP contribution in [0.4, 0.5) is 5.69 Å². The number of anilines is 1. The molecule has 3 nitrogen and oxygen atoms in total.